The van der Waals surface area contributed by atoms with Crippen LogP contribution in [0.25, 0.3) is 0 Å². The summed E-state index contributed by atoms with van der Waals surface area (Å²) in [4.78, 5) is 31.4. The fraction of sp³-hybridized carbons (Fsp3) is 0.217. The molecule has 3 aromatic rings. The molecular weight excluding hydrogens is 451 g/mol. The first kappa shape index (κ1) is 23.0. The Labute approximate surface area is 192 Å². The van der Waals surface area contributed by atoms with Crippen LogP contribution in [0.5, 0.6) is 0 Å². The number of ether oxygens (including phenoxy) is 1. The molecule has 0 saturated carbocycles. The second-order valence-electron chi connectivity index (χ2n) is 7.44. The number of hydrogen-bond acceptors (Lipinski definition) is 6. The lowest BCUT2D eigenvalue weighted by Crippen LogP contribution is -2.41. The van der Waals surface area contributed by atoms with E-state index in [2.05, 4.69) is 15.4 Å². The maximum absolute atomic E-state index is 14.0. The number of anilines is 2. The van der Waals surface area contributed by atoms with Crippen LogP contribution in [0, 0.1) is 17.5 Å². The van der Waals surface area contributed by atoms with Gasteiger partial charge < -0.3 is 15.0 Å². The smallest absolute Gasteiger partial charge is 0.338 e. The van der Waals surface area contributed by atoms with Crippen molar-refractivity contribution in [2.75, 3.05) is 23.4 Å². The van der Waals surface area contributed by atoms with E-state index in [1.54, 1.807) is 13.8 Å². The highest BCUT2D eigenvalue weighted by Crippen LogP contribution is 2.38. The highest BCUT2D eigenvalue weighted by molar-refractivity contribution is 5.96. The van der Waals surface area contributed by atoms with Crippen LogP contribution in [0.15, 0.2) is 60.1 Å². The van der Waals surface area contributed by atoms with Crippen molar-refractivity contribution >= 4 is 23.5 Å². The van der Waals surface area contributed by atoms with E-state index in [-0.39, 0.29) is 30.4 Å². The topological polar surface area (TPSA) is 89.3 Å². The van der Waals surface area contributed by atoms with Crippen LogP contribution >= 0.6 is 0 Å². The Morgan fingerprint density at radius 3 is 2.47 bits per heavy atom. The quantitative estimate of drug-likeness (QED) is 0.553. The Bertz CT molecular complexity index is 1270. The summed E-state index contributed by atoms with van der Waals surface area (Å²) in [7, 11) is 0. The molecule has 0 aliphatic carbocycles. The minimum atomic E-state index is -0.925. The molecule has 34 heavy (non-hydrogen) atoms. The second kappa shape index (κ2) is 9.38. The van der Waals surface area contributed by atoms with E-state index < -0.39 is 35.4 Å². The molecule has 1 aliphatic rings. The van der Waals surface area contributed by atoms with Gasteiger partial charge in [0.25, 0.3) is 0 Å². The van der Waals surface area contributed by atoms with Gasteiger partial charge in [0.15, 0.2) is 0 Å². The van der Waals surface area contributed by atoms with E-state index in [9.17, 15) is 22.8 Å². The van der Waals surface area contributed by atoms with Crippen LogP contribution in [0.3, 0.4) is 0 Å². The third-order valence-corrected chi connectivity index (χ3v) is 5.30. The molecule has 176 valence electrons. The van der Waals surface area contributed by atoms with Crippen molar-refractivity contribution in [2.24, 2.45) is 0 Å². The Morgan fingerprint density at radius 1 is 1.09 bits per heavy atom. The number of fused-ring (bicyclic) bond motifs is 1. The van der Waals surface area contributed by atoms with E-state index in [1.165, 1.54) is 40.2 Å². The van der Waals surface area contributed by atoms with Crippen LogP contribution in [-0.4, -0.2) is 39.8 Å². The molecule has 1 N–H and O–H groups in total. The molecule has 1 atom stereocenters. The predicted molar refractivity (Wildman–Crippen MR) is 116 cm³/mol. The molecule has 4 rings (SSSR count). The lowest BCUT2D eigenvalue weighted by atomic mass is 9.95. The molecule has 0 radical (unpaired) electrons. The van der Waals surface area contributed by atoms with Crippen LogP contribution < -0.4 is 10.2 Å². The standard InChI is InChI=1S/C23H20F3N5O3/c1-3-34-22(33)20-13(2)30(11-19(32)29-18-9-8-16(25)10-17(18)26)23-27-12-28-31(23)21(20)14-4-6-15(24)7-5-14/h4-10,12,21H,3,11H2,1-2H3,(H,29,32)/t21-/m1/s1. The largest absolute Gasteiger partial charge is 0.463 e. The SMILES string of the molecule is CCOC(=O)C1=C(C)N(CC(=O)Nc2ccc(F)cc2F)c2ncnn2[C@@H]1c1ccc(F)cc1. The summed E-state index contributed by atoms with van der Waals surface area (Å²) in [6, 6.07) is 7.60. The van der Waals surface area contributed by atoms with E-state index in [1.807, 2.05) is 0 Å². The summed E-state index contributed by atoms with van der Waals surface area (Å²) in [5, 5.41) is 6.61. The third-order valence-electron chi connectivity index (χ3n) is 5.30. The average Bonchev–Trinajstić information content (AvgIpc) is 3.27. The Balaban J connectivity index is 1.72. The lowest BCUT2D eigenvalue weighted by molar-refractivity contribution is -0.139. The number of carbonyl (C=O) groups excluding carboxylic acids is 2. The zero-order valence-corrected chi connectivity index (χ0v) is 18.3. The van der Waals surface area contributed by atoms with Gasteiger partial charge in [-0.15, -0.1) is 0 Å². The van der Waals surface area contributed by atoms with Crippen molar-refractivity contribution in [1.82, 2.24) is 14.8 Å². The Kier molecular flexibility index (Phi) is 6.35. The van der Waals surface area contributed by atoms with Crippen LogP contribution in [0.2, 0.25) is 0 Å². The number of hydrogen-bond donors (Lipinski definition) is 1. The molecule has 0 bridgehead atoms. The zero-order chi connectivity index (χ0) is 24.4. The van der Waals surface area contributed by atoms with E-state index >= 15 is 0 Å². The van der Waals surface area contributed by atoms with Crippen molar-refractivity contribution in [2.45, 2.75) is 19.9 Å². The molecule has 1 aliphatic heterocycles. The van der Waals surface area contributed by atoms with Gasteiger partial charge in [-0.1, -0.05) is 12.1 Å². The first-order valence-electron chi connectivity index (χ1n) is 10.4. The lowest BCUT2D eigenvalue weighted by Gasteiger charge is -2.35. The van der Waals surface area contributed by atoms with Crippen LogP contribution in [-0.2, 0) is 14.3 Å². The number of benzene rings is 2. The number of rotatable bonds is 6. The monoisotopic (exact) mass is 471 g/mol. The maximum Gasteiger partial charge on any atom is 0.338 e. The van der Waals surface area contributed by atoms with Crippen molar-refractivity contribution in [3.05, 3.63) is 83.1 Å². The first-order chi connectivity index (χ1) is 16.3. The van der Waals surface area contributed by atoms with Gasteiger partial charge in [-0.05, 0) is 43.7 Å². The molecule has 0 saturated heterocycles. The molecule has 0 spiro atoms. The van der Waals surface area contributed by atoms with E-state index in [0.29, 0.717) is 17.3 Å². The number of nitrogens with one attached hydrogen (secondary N) is 1. The van der Waals surface area contributed by atoms with E-state index in [4.69, 9.17) is 4.74 Å². The number of halogens is 3. The van der Waals surface area contributed by atoms with Gasteiger partial charge >= 0.3 is 5.97 Å². The normalized spacial score (nSPS) is 15.2. The van der Waals surface area contributed by atoms with Gasteiger partial charge in [0.1, 0.15) is 36.4 Å². The Hall–Kier alpha value is -4.15. The van der Waals surface area contributed by atoms with Crippen molar-refractivity contribution in [3.63, 3.8) is 0 Å². The fourth-order valence-corrected chi connectivity index (χ4v) is 3.77. The first-order valence-corrected chi connectivity index (χ1v) is 10.4. The molecule has 0 fully saturated rings. The fourth-order valence-electron chi connectivity index (χ4n) is 3.77. The molecule has 1 aromatic heterocycles. The summed E-state index contributed by atoms with van der Waals surface area (Å²) < 4.78 is 47.4. The average molecular weight is 471 g/mol. The van der Waals surface area contributed by atoms with Gasteiger partial charge in [-0.3, -0.25) is 4.79 Å². The zero-order valence-electron chi connectivity index (χ0n) is 18.3. The van der Waals surface area contributed by atoms with Gasteiger partial charge in [-0.25, -0.2) is 22.6 Å². The second-order valence-corrected chi connectivity index (χ2v) is 7.44. The third kappa shape index (κ3) is 4.36. The number of allylic oxidation sites excluding steroid dienone is 1. The van der Waals surface area contributed by atoms with Crippen LogP contribution in [0.4, 0.5) is 24.8 Å². The predicted octanol–water partition coefficient (Wildman–Crippen LogP) is 3.58. The number of esters is 1. The van der Waals surface area contributed by atoms with Gasteiger partial charge in [0.2, 0.25) is 11.9 Å². The molecule has 2 heterocycles. The molecule has 8 nitrogen and oxygen atoms in total. The maximum atomic E-state index is 14.0. The minimum absolute atomic E-state index is 0.111. The summed E-state index contributed by atoms with van der Waals surface area (Å²) in [6.45, 7) is 3.04. The summed E-state index contributed by atoms with van der Waals surface area (Å²) in [5.41, 5.74) is 0.921. The Morgan fingerprint density at radius 2 is 1.79 bits per heavy atom. The molecule has 2 aromatic carbocycles. The van der Waals surface area contributed by atoms with Crippen molar-refractivity contribution in [3.8, 4) is 0 Å². The summed E-state index contributed by atoms with van der Waals surface area (Å²) in [6.07, 6.45) is 1.26. The van der Waals surface area contributed by atoms with Crippen molar-refractivity contribution < 1.29 is 27.5 Å². The summed E-state index contributed by atoms with van der Waals surface area (Å²) >= 11 is 0. The van der Waals surface area contributed by atoms with Gasteiger partial charge in [0.05, 0.1) is 17.9 Å². The number of amides is 1. The van der Waals surface area contributed by atoms with Crippen molar-refractivity contribution in [1.29, 1.82) is 0 Å². The molecule has 1 amide bonds. The van der Waals surface area contributed by atoms with Gasteiger partial charge in [0, 0.05) is 11.8 Å². The highest BCUT2D eigenvalue weighted by atomic mass is 19.1. The molecule has 11 heteroatoms. The highest BCUT2D eigenvalue weighted by Gasteiger charge is 2.38. The molecule has 0 unspecified atom stereocenters. The number of aromatic nitrogens is 3. The summed E-state index contributed by atoms with van der Waals surface area (Å²) in [5.74, 6) is -3.17. The molecular formula is C23H20F3N5O3. The minimum Gasteiger partial charge on any atom is -0.463 e. The van der Waals surface area contributed by atoms with Gasteiger partial charge in [-0.2, -0.15) is 10.1 Å². The number of carbonyl (C=O) groups is 2. The van der Waals surface area contributed by atoms with E-state index in [0.717, 1.165) is 12.1 Å². The van der Waals surface area contributed by atoms with Crippen LogP contribution in [0.1, 0.15) is 25.5 Å². The number of nitrogens with zero attached hydrogens (tertiary/aromatic N) is 4.